The van der Waals surface area contributed by atoms with Crippen LogP contribution >= 0.6 is 20.2 Å². The van der Waals surface area contributed by atoms with Gasteiger partial charge in [-0.25, -0.2) is 0 Å². The average Bonchev–Trinajstić information content (AvgIpc) is 3.92. The maximum absolute atomic E-state index is 14.6. The van der Waals surface area contributed by atoms with Crippen LogP contribution in [0, 0.1) is 0 Å². The van der Waals surface area contributed by atoms with Crippen LogP contribution in [0.4, 0.5) is 8.78 Å². The summed E-state index contributed by atoms with van der Waals surface area (Å²) in [5, 5.41) is 2.52. The van der Waals surface area contributed by atoms with Crippen molar-refractivity contribution >= 4 is 43.8 Å². The van der Waals surface area contributed by atoms with Crippen LogP contribution < -0.4 is 5.32 Å². The number of likely N-dealkylation sites (tertiary alicyclic amines) is 1. The zero-order chi connectivity index (χ0) is 30.3. The van der Waals surface area contributed by atoms with E-state index in [1.54, 1.807) is 18.2 Å². The average molecular weight is 636 g/mol. The molecule has 1 N–H and O–H groups in total. The van der Waals surface area contributed by atoms with Gasteiger partial charge in [0.05, 0.1) is 12.2 Å². The van der Waals surface area contributed by atoms with Gasteiger partial charge in [-0.2, -0.15) is 8.78 Å². The smallest absolute Gasteiger partial charge is 0.346 e. The predicted molar refractivity (Wildman–Crippen MR) is 149 cm³/mol. The van der Waals surface area contributed by atoms with Crippen molar-refractivity contribution in [3.8, 4) is 0 Å². The zero-order valence-corrected chi connectivity index (χ0v) is 24.6. The lowest BCUT2D eigenvalue weighted by atomic mass is 10.0. The molecule has 2 aliphatic carbocycles. The second kappa shape index (κ2) is 12.2. The summed E-state index contributed by atoms with van der Waals surface area (Å²) in [6.07, 6.45) is 4.05. The number of carbonyl (C=O) groups is 4. The number of hydrogen-bond acceptors (Lipinski definition) is 7. The summed E-state index contributed by atoms with van der Waals surface area (Å²) in [5.41, 5.74) is 0.983. The maximum atomic E-state index is 14.6. The Morgan fingerprint density at radius 2 is 1.67 bits per heavy atom. The number of nitrogens with zero attached hydrogens (tertiary/aromatic N) is 2. The first kappa shape index (κ1) is 30.0. The van der Waals surface area contributed by atoms with E-state index in [4.69, 9.17) is 25.2 Å². The van der Waals surface area contributed by atoms with Crippen molar-refractivity contribution in [1.82, 2.24) is 15.1 Å². The molecular weight excluding hydrogens is 607 g/mol. The third kappa shape index (κ3) is 6.73. The molecule has 4 amide bonds. The third-order valence-electron chi connectivity index (χ3n) is 7.62. The van der Waals surface area contributed by atoms with Gasteiger partial charge in [0.1, 0.15) is 12.8 Å². The van der Waals surface area contributed by atoms with Crippen LogP contribution in [0.5, 0.6) is 0 Å². The molecule has 1 atom stereocenters. The predicted octanol–water partition coefficient (Wildman–Crippen LogP) is 4.78. The molecule has 2 aliphatic heterocycles. The van der Waals surface area contributed by atoms with Crippen LogP contribution in [0.15, 0.2) is 42.5 Å². The fourth-order valence-corrected chi connectivity index (χ4v) is 6.28. The standard InChI is InChI=1S/C29H29ClF2N3O7P/c30-20-4-2-19(3-5-20)29(31,32)28(39)33-14-17-1-10-23-18(13-17)15-34(26(23)37)24-11-12-25(36)35(27(24)38)16-40-43(41-21-6-7-21)42-22-8-9-22/h1-5,10,13,21-22,24H,6-9,11-12,14-16H2,(H,33,39). The number of rotatable bonds is 12. The van der Waals surface area contributed by atoms with Gasteiger partial charge in [0.15, 0.2) is 0 Å². The van der Waals surface area contributed by atoms with E-state index >= 15 is 0 Å². The molecule has 228 valence electrons. The van der Waals surface area contributed by atoms with Gasteiger partial charge in [-0.15, -0.1) is 0 Å². The molecule has 0 bridgehead atoms. The van der Waals surface area contributed by atoms with Gasteiger partial charge in [-0.3, -0.25) is 28.6 Å². The Bertz CT molecular complexity index is 1420. The Kier molecular flexibility index (Phi) is 8.50. The van der Waals surface area contributed by atoms with Crippen LogP contribution in [0.2, 0.25) is 5.02 Å². The second-order valence-corrected chi connectivity index (χ2v) is 12.6. The van der Waals surface area contributed by atoms with Crippen molar-refractivity contribution in [2.75, 3.05) is 6.73 Å². The van der Waals surface area contributed by atoms with Gasteiger partial charge in [-0.1, -0.05) is 35.9 Å². The molecule has 2 aromatic carbocycles. The molecule has 3 fully saturated rings. The molecule has 0 aromatic heterocycles. The first-order chi connectivity index (χ1) is 20.6. The molecule has 14 heteroatoms. The van der Waals surface area contributed by atoms with E-state index in [1.807, 2.05) is 0 Å². The van der Waals surface area contributed by atoms with Crippen LogP contribution in [-0.2, 0) is 47.0 Å². The molecule has 4 aliphatic rings. The molecule has 0 radical (unpaired) electrons. The highest BCUT2D eigenvalue weighted by Crippen LogP contribution is 2.50. The fourth-order valence-electron chi connectivity index (χ4n) is 4.87. The number of benzene rings is 2. The molecule has 2 heterocycles. The van der Waals surface area contributed by atoms with E-state index in [2.05, 4.69) is 5.32 Å². The Hall–Kier alpha value is -3.02. The number of fused-ring (bicyclic) bond motifs is 1. The van der Waals surface area contributed by atoms with Crippen molar-refractivity contribution in [2.45, 2.75) is 75.8 Å². The second-order valence-electron chi connectivity index (χ2n) is 11.0. The maximum Gasteiger partial charge on any atom is 0.349 e. The van der Waals surface area contributed by atoms with Crippen molar-refractivity contribution in [2.24, 2.45) is 0 Å². The number of nitrogens with one attached hydrogen (secondary N) is 1. The monoisotopic (exact) mass is 635 g/mol. The minimum atomic E-state index is -3.77. The quantitative estimate of drug-likeness (QED) is 0.264. The molecule has 2 aromatic rings. The van der Waals surface area contributed by atoms with Crippen LogP contribution in [0.25, 0.3) is 0 Å². The largest absolute Gasteiger partial charge is 0.349 e. The highest BCUT2D eigenvalue weighted by atomic mass is 35.5. The number of piperidine rings is 1. The van der Waals surface area contributed by atoms with Crippen molar-refractivity contribution in [3.05, 3.63) is 69.7 Å². The van der Waals surface area contributed by atoms with Gasteiger partial charge in [0, 0.05) is 35.7 Å². The summed E-state index contributed by atoms with van der Waals surface area (Å²) in [6.45, 7) is -0.419. The third-order valence-corrected chi connectivity index (χ3v) is 9.14. The summed E-state index contributed by atoms with van der Waals surface area (Å²) in [4.78, 5) is 54.1. The number of halogens is 3. The first-order valence-corrected chi connectivity index (χ1v) is 15.5. The van der Waals surface area contributed by atoms with Crippen molar-refractivity contribution < 1.29 is 41.5 Å². The number of amides is 4. The van der Waals surface area contributed by atoms with Gasteiger partial charge >= 0.3 is 14.5 Å². The molecule has 2 saturated carbocycles. The Balaban J connectivity index is 1.07. The van der Waals surface area contributed by atoms with Crippen molar-refractivity contribution in [1.29, 1.82) is 0 Å². The van der Waals surface area contributed by atoms with Gasteiger partial charge in [-0.05, 0) is 61.4 Å². The highest BCUT2D eigenvalue weighted by molar-refractivity contribution is 7.41. The molecule has 43 heavy (non-hydrogen) atoms. The zero-order valence-electron chi connectivity index (χ0n) is 23.0. The van der Waals surface area contributed by atoms with E-state index < -0.39 is 43.9 Å². The summed E-state index contributed by atoms with van der Waals surface area (Å²) in [7, 11) is -1.69. The lowest BCUT2D eigenvalue weighted by Crippen LogP contribution is -2.55. The summed E-state index contributed by atoms with van der Waals surface area (Å²) in [6, 6.07) is 8.63. The van der Waals surface area contributed by atoms with Crippen LogP contribution in [0.1, 0.15) is 65.6 Å². The van der Waals surface area contributed by atoms with Gasteiger partial charge in [0.2, 0.25) is 5.91 Å². The SMILES string of the molecule is O=C1CCC(N2Cc3cc(CNC(=O)C(F)(F)c4ccc(Cl)cc4)ccc3C2=O)C(=O)N1COP(OC1CC1)OC1CC1. The van der Waals surface area contributed by atoms with Gasteiger partial charge in [0.25, 0.3) is 17.7 Å². The summed E-state index contributed by atoms with van der Waals surface area (Å²) < 4.78 is 46.6. The lowest BCUT2D eigenvalue weighted by molar-refractivity contribution is -0.156. The Morgan fingerprint density at radius 3 is 2.33 bits per heavy atom. The molecular formula is C29H29ClF2N3O7P. The number of imide groups is 1. The molecule has 1 saturated heterocycles. The Labute approximate surface area is 252 Å². The summed E-state index contributed by atoms with van der Waals surface area (Å²) in [5.74, 6) is -6.54. The van der Waals surface area contributed by atoms with E-state index in [9.17, 15) is 28.0 Å². The topological polar surface area (TPSA) is 114 Å². The number of hydrogen-bond donors (Lipinski definition) is 1. The van der Waals surface area contributed by atoms with Crippen LogP contribution in [0.3, 0.4) is 0 Å². The Morgan fingerprint density at radius 1 is 1.00 bits per heavy atom. The number of carbonyl (C=O) groups excluding carboxylic acids is 4. The van der Waals surface area contributed by atoms with E-state index in [0.29, 0.717) is 16.7 Å². The first-order valence-electron chi connectivity index (χ1n) is 14.1. The minimum Gasteiger partial charge on any atom is -0.346 e. The lowest BCUT2D eigenvalue weighted by Gasteiger charge is -2.35. The normalized spacial score (nSPS) is 20.7. The molecule has 6 rings (SSSR count). The number of alkyl halides is 2. The minimum absolute atomic E-state index is 0.0594. The van der Waals surface area contributed by atoms with Crippen molar-refractivity contribution in [3.63, 3.8) is 0 Å². The fraction of sp³-hybridized carbons (Fsp3) is 0.448. The molecule has 0 spiro atoms. The summed E-state index contributed by atoms with van der Waals surface area (Å²) >= 11 is 5.76. The molecule has 10 nitrogen and oxygen atoms in total. The van der Waals surface area contributed by atoms with E-state index in [1.165, 1.54) is 17.0 Å². The van der Waals surface area contributed by atoms with E-state index in [0.717, 1.165) is 42.7 Å². The van der Waals surface area contributed by atoms with Gasteiger partial charge < -0.3 is 19.3 Å². The molecule has 1 unspecified atom stereocenters. The van der Waals surface area contributed by atoms with Crippen LogP contribution in [-0.4, -0.2) is 58.4 Å². The van der Waals surface area contributed by atoms with E-state index in [-0.39, 0.29) is 55.8 Å². The highest BCUT2D eigenvalue weighted by Gasteiger charge is 2.44.